The first-order chi connectivity index (χ1) is 13.0. The summed E-state index contributed by atoms with van der Waals surface area (Å²) in [7, 11) is 2.92. The fraction of sp³-hybridized carbons (Fsp3) is 0.250. The minimum absolute atomic E-state index is 0.244. The topological polar surface area (TPSA) is 90.9 Å². The zero-order valence-electron chi connectivity index (χ0n) is 15.4. The molecule has 2 aromatic rings. The van der Waals surface area contributed by atoms with E-state index in [1.54, 1.807) is 37.3 Å². The molecule has 0 aromatic heterocycles. The van der Waals surface area contributed by atoms with E-state index in [4.69, 9.17) is 14.2 Å². The van der Waals surface area contributed by atoms with Crippen molar-refractivity contribution in [3.8, 4) is 11.5 Å². The third-order valence-corrected chi connectivity index (χ3v) is 3.85. The highest BCUT2D eigenvalue weighted by Gasteiger charge is 2.17. The molecule has 0 spiro atoms. The predicted molar refractivity (Wildman–Crippen MR) is 98.3 cm³/mol. The Morgan fingerprint density at radius 1 is 0.963 bits per heavy atom. The Kier molecular flexibility index (Phi) is 6.93. The van der Waals surface area contributed by atoms with Crippen LogP contribution in [0, 0.1) is 6.92 Å². The van der Waals surface area contributed by atoms with E-state index < -0.39 is 18.4 Å². The van der Waals surface area contributed by atoms with Crippen LogP contribution in [-0.2, 0) is 9.53 Å². The van der Waals surface area contributed by atoms with E-state index in [0.717, 1.165) is 5.56 Å². The Morgan fingerprint density at radius 3 is 2.37 bits per heavy atom. The number of carbonyl (C=O) groups is 3. The molecule has 0 unspecified atom stereocenters. The van der Waals surface area contributed by atoms with E-state index in [0.29, 0.717) is 17.1 Å². The number of hydrogen-bond donors (Lipinski definition) is 1. The lowest BCUT2D eigenvalue weighted by Crippen LogP contribution is -2.31. The number of rotatable bonds is 8. The minimum atomic E-state index is -0.716. The molecule has 0 radical (unpaired) electrons. The van der Waals surface area contributed by atoms with Crippen LogP contribution in [0.3, 0.4) is 0 Å². The first kappa shape index (κ1) is 20.0. The van der Waals surface area contributed by atoms with Gasteiger partial charge in [0.1, 0.15) is 18.0 Å². The molecule has 0 aliphatic carbocycles. The second-order valence-electron chi connectivity index (χ2n) is 5.65. The number of aryl methyl sites for hydroxylation is 1. The lowest BCUT2D eigenvalue weighted by atomic mass is 10.1. The van der Waals surface area contributed by atoms with Crippen LogP contribution in [0.4, 0.5) is 0 Å². The van der Waals surface area contributed by atoms with E-state index in [1.807, 2.05) is 6.07 Å². The monoisotopic (exact) mass is 371 g/mol. The number of ether oxygens (including phenoxy) is 3. The second kappa shape index (κ2) is 9.38. The summed E-state index contributed by atoms with van der Waals surface area (Å²) in [5.41, 5.74) is 1.51. The van der Waals surface area contributed by atoms with Crippen LogP contribution in [0.2, 0.25) is 0 Å². The van der Waals surface area contributed by atoms with Gasteiger partial charge in [-0.25, -0.2) is 0 Å². The molecular formula is C20H21NO6. The summed E-state index contributed by atoms with van der Waals surface area (Å²) in [5, 5.41) is 2.47. The van der Waals surface area contributed by atoms with Crippen LogP contribution in [0.15, 0.2) is 42.5 Å². The molecule has 0 bridgehead atoms. The molecule has 142 valence electrons. The van der Waals surface area contributed by atoms with Gasteiger partial charge in [-0.15, -0.1) is 0 Å². The SMILES string of the molecule is COc1ccc(OC)c(C(=O)COC(=O)CNC(=O)c2ccccc2C)c1. The molecule has 0 aliphatic rings. The van der Waals surface area contributed by atoms with Crippen molar-refractivity contribution in [1.82, 2.24) is 5.32 Å². The molecule has 2 aromatic carbocycles. The van der Waals surface area contributed by atoms with Crippen LogP contribution in [0.1, 0.15) is 26.3 Å². The molecule has 0 atom stereocenters. The number of amides is 1. The summed E-state index contributed by atoms with van der Waals surface area (Å²) in [6, 6.07) is 11.8. The Labute approximate surface area is 157 Å². The van der Waals surface area contributed by atoms with Gasteiger partial charge in [-0.1, -0.05) is 18.2 Å². The van der Waals surface area contributed by atoms with Crippen molar-refractivity contribution in [1.29, 1.82) is 0 Å². The highest BCUT2D eigenvalue weighted by Crippen LogP contribution is 2.24. The standard InChI is InChI=1S/C20H21NO6/c1-13-6-4-5-7-15(13)20(24)21-11-19(23)27-12-17(22)16-10-14(25-2)8-9-18(16)26-3/h4-10H,11-12H2,1-3H3,(H,21,24). The molecule has 27 heavy (non-hydrogen) atoms. The quantitative estimate of drug-likeness (QED) is 0.565. The van der Waals surface area contributed by atoms with Gasteiger partial charge in [0.15, 0.2) is 6.61 Å². The lowest BCUT2D eigenvalue weighted by molar-refractivity contribution is -0.141. The molecule has 0 fully saturated rings. The van der Waals surface area contributed by atoms with Gasteiger partial charge < -0.3 is 19.5 Å². The molecule has 2 rings (SSSR count). The largest absolute Gasteiger partial charge is 0.497 e. The minimum Gasteiger partial charge on any atom is -0.497 e. The van der Waals surface area contributed by atoms with Crippen LogP contribution in [-0.4, -0.2) is 45.0 Å². The molecule has 0 saturated carbocycles. The number of methoxy groups -OCH3 is 2. The second-order valence-corrected chi connectivity index (χ2v) is 5.65. The van der Waals surface area contributed by atoms with Crippen LogP contribution in [0.25, 0.3) is 0 Å². The fourth-order valence-electron chi connectivity index (χ4n) is 2.38. The number of carbonyl (C=O) groups excluding carboxylic acids is 3. The first-order valence-corrected chi connectivity index (χ1v) is 8.21. The van der Waals surface area contributed by atoms with E-state index >= 15 is 0 Å². The molecule has 0 heterocycles. The number of nitrogens with one attached hydrogen (secondary N) is 1. The molecule has 1 N–H and O–H groups in total. The highest BCUT2D eigenvalue weighted by atomic mass is 16.5. The van der Waals surface area contributed by atoms with Crippen molar-refractivity contribution in [2.24, 2.45) is 0 Å². The van der Waals surface area contributed by atoms with Crippen molar-refractivity contribution in [3.05, 3.63) is 59.2 Å². The number of Topliss-reactive ketones (excluding diaryl/α,β-unsaturated/α-hetero) is 1. The van der Waals surface area contributed by atoms with Gasteiger partial charge in [-0.05, 0) is 36.8 Å². The van der Waals surface area contributed by atoms with Gasteiger partial charge in [0.05, 0.1) is 19.8 Å². The molecule has 7 heteroatoms. The summed E-state index contributed by atoms with van der Waals surface area (Å²) >= 11 is 0. The van der Waals surface area contributed by atoms with E-state index in [1.165, 1.54) is 20.3 Å². The van der Waals surface area contributed by atoms with Crippen LogP contribution >= 0.6 is 0 Å². The van der Waals surface area contributed by atoms with Gasteiger partial charge >= 0.3 is 5.97 Å². The van der Waals surface area contributed by atoms with Crippen molar-refractivity contribution in [3.63, 3.8) is 0 Å². The maximum Gasteiger partial charge on any atom is 0.325 e. The number of ketones is 1. The van der Waals surface area contributed by atoms with E-state index in [9.17, 15) is 14.4 Å². The van der Waals surface area contributed by atoms with Crippen LogP contribution in [0.5, 0.6) is 11.5 Å². The Morgan fingerprint density at radius 2 is 1.70 bits per heavy atom. The van der Waals surface area contributed by atoms with Gasteiger partial charge in [0.25, 0.3) is 5.91 Å². The summed E-state index contributed by atoms with van der Waals surface area (Å²) in [5.74, 6) is -0.706. The number of benzene rings is 2. The van der Waals surface area contributed by atoms with Gasteiger partial charge in [-0.3, -0.25) is 14.4 Å². The molecule has 0 saturated heterocycles. The molecule has 1 amide bonds. The Hall–Kier alpha value is -3.35. The lowest BCUT2D eigenvalue weighted by Gasteiger charge is -2.10. The third-order valence-electron chi connectivity index (χ3n) is 3.85. The maximum atomic E-state index is 12.3. The molecular weight excluding hydrogens is 350 g/mol. The normalized spacial score (nSPS) is 10.0. The van der Waals surface area contributed by atoms with E-state index in [-0.39, 0.29) is 18.0 Å². The summed E-state index contributed by atoms with van der Waals surface area (Å²) in [6.45, 7) is 0.992. The smallest absolute Gasteiger partial charge is 0.325 e. The zero-order chi connectivity index (χ0) is 19.8. The van der Waals surface area contributed by atoms with E-state index in [2.05, 4.69) is 5.32 Å². The van der Waals surface area contributed by atoms with Gasteiger partial charge in [0, 0.05) is 5.56 Å². The fourth-order valence-corrected chi connectivity index (χ4v) is 2.38. The van der Waals surface area contributed by atoms with Crippen molar-refractivity contribution >= 4 is 17.7 Å². The third kappa shape index (κ3) is 5.31. The number of esters is 1. The highest BCUT2D eigenvalue weighted by molar-refractivity contribution is 6.01. The van der Waals surface area contributed by atoms with Crippen molar-refractivity contribution < 1.29 is 28.6 Å². The molecule has 0 aliphatic heterocycles. The summed E-state index contributed by atoms with van der Waals surface area (Å²) in [4.78, 5) is 36.2. The van der Waals surface area contributed by atoms with Crippen LogP contribution < -0.4 is 14.8 Å². The Bertz CT molecular complexity index is 846. The van der Waals surface area contributed by atoms with Crippen molar-refractivity contribution in [2.75, 3.05) is 27.4 Å². The number of hydrogen-bond acceptors (Lipinski definition) is 6. The van der Waals surface area contributed by atoms with Crippen molar-refractivity contribution in [2.45, 2.75) is 6.92 Å². The van der Waals surface area contributed by atoms with Gasteiger partial charge in [-0.2, -0.15) is 0 Å². The van der Waals surface area contributed by atoms with Gasteiger partial charge in [0.2, 0.25) is 5.78 Å². The average Bonchev–Trinajstić information content (AvgIpc) is 2.69. The average molecular weight is 371 g/mol. The predicted octanol–water partition coefficient (Wildman–Crippen LogP) is 2.17. The first-order valence-electron chi connectivity index (χ1n) is 8.21. The summed E-state index contributed by atoms with van der Waals surface area (Å²) < 4.78 is 15.2. The Balaban J connectivity index is 1.89. The summed E-state index contributed by atoms with van der Waals surface area (Å²) in [6.07, 6.45) is 0. The molecule has 7 nitrogen and oxygen atoms in total. The zero-order valence-corrected chi connectivity index (χ0v) is 15.4. The maximum absolute atomic E-state index is 12.3.